The number of para-hydroxylation sites is 1. The molecule has 1 aromatic heterocycles. The van der Waals surface area contributed by atoms with E-state index >= 15 is 0 Å². The Hall–Kier alpha value is -1.47. The third-order valence-corrected chi connectivity index (χ3v) is 5.04. The number of thioether (sulfide) groups is 1. The van der Waals surface area contributed by atoms with Crippen LogP contribution in [-0.4, -0.2) is 27.8 Å². The van der Waals surface area contributed by atoms with E-state index in [0.29, 0.717) is 23.6 Å². The Labute approximate surface area is 123 Å². The molecule has 20 heavy (non-hydrogen) atoms. The van der Waals surface area contributed by atoms with Crippen molar-refractivity contribution in [1.29, 1.82) is 0 Å². The second kappa shape index (κ2) is 5.14. The summed E-state index contributed by atoms with van der Waals surface area (Å²) in [5.74, 6) is -0.450. The van der Waals surface area contributed by atoms with Gasteiger partial charge in [0.05, 0.1) is 4.70 Å². The second-order valence-electron chi connectivity index (χ2n) is 4.52. The molecule has 1 fully saturated rings. The first-order chi connectivity index (χ1) is 9.54. The summed E-state index contributed by atoms with van der Waals surface area (Å²) in [6.45, 7) is 1.94. The van der Waals surface area contributed by atoms with Crippen LogP contribution in [0.5, 0.6) is 0 Å². The molecule has 1 unspecified atom stereocenters. The van der Waals surface area contributed by atoms with Crippen LogP contribution in [0.3, 0.4) is 0 Å². The first-order valence-corrected chi connectivity index (χ1v) is 7.77. The molecule has 1 atom stereocenters. The zero-order chi connectivity index (χ0) is 14.3. The van der Waals surface area contributed by atoms with Crippen LogP contribution < -0.4 is 4.90 Å². The van der Waals surface area contributed by atoms with Gasteiger partial charge in [0.2, 0.25) is 5.91 Å². The third-order valence-electron chi connectivity index (χ3n) is 3.01. The summed E-state index contributed by atoms with van der Waals surface area (Å²) in [6.07, 6.45) is 0.322. The van der Waals surface area contributed by atoms with E-state index in [9.17, 15) is 14.0 Å². The van der Waals surface area contributed by atoms with Crippen LogP contribution in [0, 0.1) is 5.82 Å². The Bertz CT molecular complexity index is 701. The van der Waals surface area contributed by atoms with Crippen LogP contribution in [0.2, 0.25) is 0 Å². The van der Waals surface area contributed by atoms with E-state index in [1.165, 1.54) is 36.1 Å². The molecule has 104 valence electrons. The van der Waals surface area contributed by atoms with Gasteiger partial charge < -0.3 is 0 Å². The zero-order valence-corrected chi connectivity index (χ0v) is 12.3. The van der Waals surface area contributed by atoms with Crippen molar-refractivity contribution in [1.82, 2.24) is 4.98 Å². The minimum atomic E-state index is -0.383. The smallest absolute Gasteiger partial charge is 0.230 e. The van der Waals surface area contributed by atoms with E-state index in [4.69, 9.17) is 0 Å². The standard InChI is InChI=1S/C13H11FN2O2S2/c1-7(17)19-8-5-11(18)16(6-8)13-15-12-9(14)3-2-4-10(12)20-13/h2-4,8H,5-6H2,1H3. The number of anilines is 1. The molecule has 0 saturated carbocycles. The predicted octanol–water partition coefficient (Wildman–Crippen LogP) is 2.82. The number of halogens is 1. The number of hydrogen-bond donors (Lipinski definition) is 0. The highest BCUT2D eigenvalue weighted by atomic mass is 32.2. The van der Waals surface area contributed by atoms with Gasteiger partial charge in [-0.1, -0.05) is 29.2 Å². The number of thiazole rings is 1. The average molecular weight is 310 g/mol. The highest BCUT2D eigenvalue weighted by Crippen LogP contribution is 2.34. The van der Waals surface area contributed by atoms with Gasteiger partial charge in [0.15, 0.2) is 10.2 Å². The molecule has 1 aliphatic rings. The van der Waals surface area contributed by atoms with E-state index < -0.39 is 0 Å². The van der Waals surface area contributed by atoms with E-state index in [1.807, 2.05) is 0 Å². The first kappa shape index (κ1) is 13.5. The molecule has 2 heterocycles. The summed E-state index contributed by atoms with van der Waals surface area (Å²) >= 11 is 2.47. The molecule has 7 heteroatoms. The Morgan fingerprint density at radius 1 is 1.55 bits per heavy atom. The molecule has 3 rings (SSSR count). The number of nitrogens with zero attached hydrogens (tertiary/aromatic N) is 2. The highest BCUT2D eigenvalue weighted by Gasteiger charge is 2.33. The predicted molar refractivity (Wildman–Crippen MR) is 78.6 cm³/mol. The zero-order valence-electron chi connectivity index (χ0n) is 10.6. The van der Waals surface area contributed by atoms with Crippen molar-refractivity contribution in [3.63, 3.8) is 0 Å². The Kier molecular flexibility index (Phi) is 3.47. The fourth-order valence-electron chi connectivity index (χ4n) is 2.19. The topological polar surface area (TPSA) is 50.3 Å². The van der Waals surface area contributed by atoms with Gasteiger partial charge in [0.25, 0.3) is 0 Å². The molecule has 0 aliphatic carbocycles. The van der Waals surface area contributed by atoms with Crippen LogP contribution >= 0.6 is 23.1 Å². The van der Waals surface area contributed by atoms with Crippen molar-refractivity contribution in [2.45, 2.75) is 18.6 Å². The van der Waals surface area contributed by atoms with Gasteiger partial charge >= 0.3 is 0 Å². The van der Waals surface area contributed by atoms with Crippen molar-refractivity contribution in [2.75, 3.05) is 11.4 Å². The Balaban J connectivity index is 1.89. The second-order valence-corrected chi connectivity index (χ2v) is 7.01. The van der Waals surface area contributed by atoms with Crippen molar-refractivity contribution >= 4 is 49.5 Å². The maximum Gasteiger partial charge on any atom is 0.230 e. The molecule has 1 aromatic carbocycles. The lowest BCUT2D eigenvalue weighted by Crippen LogP contribution is -2.24. The molecule has 4 nitrogen and oxygen atoms in total. The highest BCUT2D eigenvalue weighted by molar-refractivity contribution is 8.14. The normalized spacial score (nSPS) is 19.0. The molecule has 1 aliphatic heterocycles. The van der Waals surface area contributed by atoms with Crippen molar-refractivity contribution in [2.24, 2.45) is 0 Å². The van der Waals surface area contributed by atoms with E-state index in [0.717, 1.165) is 4.70 Å². The molecule has 1 saturated heterocycles. The lowest BCUT2D eigenvalue weighted by Gasteiger charge is -2.11. The van der Waals surface area contributed by atoms with Gasteiger partial charge in [0.1, 0.15) is 11.3 Å². The fourth-order valence-corrected chi connectivity index (χ4v) is 4.12. The van der Waals surface area contributed by atoms with E-state index in [1.54, 1.807) is 17.0 Å². The lowest BCUT2D eigenvalue weighted by molar-refractivity contribution is -0.117. The molecule has 2 aromatic rings. The number of amides is 1. The number of rotatable bonds is 2. The number of benzene rings is 1. The first-order valence-electron chi connectivity index (χ1n) is 6.07. The van der Waals surface area contributed by atoms with Crippen molar-refractivity contribution in [3.8, 4) is 0 Å². The van der Waals surface area contributed by atoms with Crippen LogP contribution in [0.4, 0.5) is 9.52 Å². The van der Waals surface area contributed by atoms with E-state index in [2.05, 4.69) is 4.98 Å². The summed E-state index contributed by atoms with van der Waals surface area (Å²) < 4.78 is 14.3. The number of aromatic nitrogens is 1. The van der Waals surface area contributed by atoms with E-state index in [-0.39, 0.29) is 22.1 Å². The largest absolute Gasteiger partial charge is 0.288 e. The quantitative estimate of drug-likeness (QED) is 0.856. The maximum absolute atomic E-state index is 13.6. The SMILES string of the molecule is CC(=O)SC1CC(=O)N(c2nc3c(F)cccc3s2)C1. The average Bonchev–Trinajstić information content (AvgIpc) is 2.93. The molecule has 0 bridgehead atoms. The molecule has 1 amide bonds. The minimum Gasteiger partial charge on any atom is -0.288 e. The van der Waals surface area contributed by atoms with Gasteiger partial charge in [-0.25, -0.2) is 9.37 Å². The van der Waals surface area contributed by atoms with Crippen LogP contribution in [0.15, 0.2) is 18.2 Å². The number of hydrogen-bond acceptors (Lipinski definition) is 5. The molecule has 0 spiro atoms. The molecule has 0 radical (unpaired) electrons. The van der Waals surface area contributed by atoms with Gasteiger partial charge in [0, 0.05) is 25.1 Å². The Morgan fingerprint density at radius 3 is 3.05 bits per heavy atom. The van der Waals surface area contributed by atoms with Crippen LogP contribution in [0.25, 0.3) is 10.2 Å². The summed E-state index contributed by atoms with van der Waals surface area (Å²) in [5, 5.41) is 0.457. The molecule has 0 N–H and O–H groups in total. The number of carbonyl (C=O) groups is 2. The monoisotopic (exact) mass is 310 g/mol. The maximum atomic E-state index is 13.6. The third kappa shape index (κ3) is 2.43. The molecular weight excluding hydrogens is 299 g/mol. The van der Waals surface area contributed by atoms with Gasteiger partial charge in [-0.15, -0.1) is 0 Å². The number of fused-ring (bicyclic) bond motifs is 1. The summed E-state index contributed by atoms with van der Waals surface area (Å²) in [5.41, 5.74) is 0.294. The Morgan fingerprint density at radius 2 is 2.35 bits per heavy atom. The summed E-state index contributed by atoms with van der Waals surface area (Å²) in [4.78, 5) is 28.9. The molecular formula is C13H11FN2O2S2. The lowest BCUT2D eigenvalue weighted by atomic mass is 10.3. The van der Waals surface area contributed by atoms with Crippen LogP contribution in [-0.2, 0) is 9.59 Å². The van der Waals surface area contributed by atoms with Crippen LogP contribution in [0.1, 0.15) is 13.3 Å². The summed E-state index contributed by atoms with van der Waals surface area (Å²) in [6, 6.07) is 4.76. The number of carbonyl (C=O) groups excluding carboxylic acids is 2. The van der Waals surface area contributed by atoms with Gasteiger partial charge in [-0.05, 0) is 12.1 Å². The van der Waals surface area contributed by atoms with Gasteiger partial charge in [-0.2, -0.15) is 0 Å². The fraction of sp³-hybridized carbons (Fsp3) is 0.308. The van der Waals surface area contributed by atoms with Gasteiger partial charge in [-0.3, -0.25) is 14.5 Å². The van der Waals surface area contributed by atoms with Crippen molar-refractivity contribution < 1.29 is 14.0 Å². The summed E-state index contributed by atoms with van der Waals surface area (Å²) in [7, 11) is 0. The minimum absolute atomic E-state index is 0.00000525. The van der Waals surface area contributed by atoms with Crippen molar-refractivity contribution in [3.05, 3.63) is 24.0 Å².